The van der Waals surface area contributed by atoms with Crippen LogP contribution in [0.2, 0.25) is 0 Å². The van der Waals surface area contributed by atoms with E-state index in [9.17, 15) is 27.6 Å². The van der Waals surface area contributed by atoms with Gasteiger partial charge in [-0.3, -0.25) is 9.59 Å². The van der Waals surface area contributed by atoms with Gasteiger partial charge in [-0.2, -0.15) is 13.2 Å². The van der Waals surface area contributed by atoms with Crippen molar-refractivity contribution in [3.8, 4) is 0 Å². The third-order valence-corrected chi connectivity index (χ3v) is 4.39. The van der Waals surface area contributed by atoms with Crippen molar-refractivity contribution in [2.45, 2.75) is 11.1 Å². The van der Waals surface area contributed by atoms with Gasteiger partial charge < -0.3 is 15.8 Å². The van der Waals surface area contributed by atoms with E-state index in [1.54, 1.807) is 24.3 Å². The number of halogens is 3. The van der Waals surface area contributed by atoms with Gasteiger partial charge in [-0.15, -0.1) is 11.8 Å². The summed E-state index contributed by atoms with van der Waals surface area (Å²) >= 11 is 1.12. The van der Waals surface area contributed by atoms with Crippen LogP contribution in [0.15, 0.2) is 53.4 Å². The molecule has 0 saturated carbocycles. The Morgan fingerprint density at radius 3 is 2.46 bits per heavy atom. The highest BCUT2D eigenvalue weighted by Crippen LogP contribution is 2.30. The number of nitrogens with one attached hydrogen (secondary N) is 1. The molecule has 0 aliphatic heterocycles. The van der Waals surface area contributed by atoms with Crippen LogP contribution in [0.1, 0.15) is 15.9 Å². The van der Waals surface area contributed by atoms with Crippen molar-refractivity contribution >= 4 is 35.2 Å². The van der Waals surface area contributed by atoms with Gasteiger partial charge in [-0.05, 0) is 30.3 Å². The Balaban J connectivity index is 1.96. The standard InChI is InChI=1S/C18H15F3N2O4S/c19-18(20,21)12-5-3-4-11(8-12)17(26)27-9-16(25)23-13-6-1-2-7-14(13)28-10-15(22)24/h1-8H,9-10H2,(H2,22,24)(H,23,25). The maximum atomic E-state index is 12.7. The molecule has 2 amide bonds. The number of rotatable bonds is 7. The molecule has 0 fully saturated rings. The number of carbonyl (C=O) groups is 3. The number of ether oxygens (including phenoxy) is 1. The number of para-hydroxylation sites is 1. The van der Waals surface area contributed by atoms with Crippen LogP contribution in [-0.2, 0) is 20.5 Å². The predicted octanol–water partition coefficient (Wildman–Crippen LogP) is 3.08. The second-order valence-electron chi connectivity index (χ2n) is 5.45. The van der Waals surface area contributed by atoms with Crippen molar-refractivity contribution < 1.29 is 32.3 Å². The first-order valence-corrected chi connectivity index (χ1v) is 8.80. The normalized spacial score (nSPS) is 11.0. The minimum Gasteiger partial charge on any atom is -0.452 e. The third-order valence-electron chi connectivity index (χ3n) is 3.29. The molecule has 6 nitrogen and oxygen atoms in total. The number of anilines is 1. The third kappa shape index (κ3) is 6.31. The average Bonchev–Trinajstić information content (AvgIpc) is 2.64. The van der Waals surface area contributed by atoms with Crippen LogP contribution in [0, 0.1) is 0 Å². The number of alkyl halides is 3. The number of nitrogens with two attached hydrogens (primary N) is 1. The molecule has 0 unspecified atom stereocenters. The minimum absolute atomic E-state index is 0.0113. The summed E-state index contributed by atoms with van der Waals surface area (Å²) in [6.45, 7) is -0.691. The van der Waals surface area contributed by atoms with Gasteiger partial charge in [0.15, 0.2) is 6.61 Å². The lowest BCUT2D eigenvalue weighted by Gasteiger charge is -2.11. The highest BCUT2D eigenvalue weighted by atomic mass is 32.2. The Morgan fingerprint density at radius 1 is 1.07 bits per heavy atom. The lowest BCUT2D eigenvalue weighted by molar-refractivity contribution is -0.137. The molecule has 0 aliphatic carbocycles. The lowest BCUT2D eigenvalue weighted by atomic mass is 10.1. The molecule has 2 rings (SSSR count). The molecule has 2 aromatic carbocycles. The molecule has 0 heterocycles. The fraction of sp³-hybridized carbons (Fsp3) is 0.167. The molecule has 148 valence electrons. The minimum atomic E-state index is -4.60. The Kier molecular flexibility index (Phi) is 7.05. The number of benzene rings is 2. The average molecular weight is 412 g/mol. The van der Waals surface area contributed by atoms with Gasteiger partial charge in [0.1, 0.15) is 0 Å². The van der Waals surface area contributed by atoms with Gasteiger partial charge >= 0.3 is 12.1 Å². The summed E-state index contributed by atoms with van der Waals surface area (Å²) in [5.41, 5.74) is 4.16. The Labute approximate surface area is 162 Å². The number of thioether (sulfide) groups is 1. The van der Waals surface area contributed by atoms with Gasteiger partial charge in [0.05, 0.1) is 22.6 Å². The Bertz CT molecular complexity index is 887. The van der Waals surface area contributed by atoms with Crippen molar-refractivity contribution in [2.24, 2.45) is 5.73 Å². The van der Waals surface area contributed by atoms with E-state index in [0.29, 0.717) is 16.6 Å². The fourth-order valence-corrected chi connectivity index (χ4v) is 2.81. The van der Waals surface area contributed by atoms with Crippen LogP contribution in [0.3, 0.4) is 0 Å². The summed E-state index contributed by atoms with van der Waals surface area (Å²) in [5.74, 6) is -2.26. The molecular weight excluding hydrogens is 397 g/mol. The molecule has 0 atom stereocenters. The summed E-state index contributed by atoms with van der Waals surface area (Å²) in [4.78, 5) is 35.4. The predicted molar refractivity (Wildman–Crippen MR) is 96.7 cm³/mol. The molecule has 0 aromatic heterocycles. The summed E-state index contributed by atoms with van der Waals surface area (Å²) in [6.07, 6.45) is -4.60. The zero-order valence-electron chi connectivity index (χ0n) is 14.3. The highest BCUT2D eigenvalue weighted by Gasteiger charge is 2.31. The van der Waals surface area contributed by atoms with Crippen LogP contribution in [0.4, 0.5) is 18.9 Å². The smallest absolute Gasteiger partial charge is 0.416 e. The van der Waals surface area contributed by atoms with Gasteiger partial charge in [-0.25, -0.2) is 4.79 Å². The van der Waals surface area contributed by atoms with Crippen molar-refractivity contribution in [3.63, 3.8) is 0 Å². The van der Waals surface area contributed by atoms with Crippen molar-refractivity contribution in [1.82, 2.24) is 0 Å². The van der Waals surface area contributed by atoms with E-state index in [-0.39, 0.29) is 11.3 Å². The molecule has 0 bridgehead atoms. The molecule has 0 saturated heterocycles. The number of esters is 1. The van der Waals surface area contributed by atoms with E-state index in [1.165, 1.54) is 0 Å². The number of carbonyl (C=O) groups excluding carboxylic acids is 3. The first-order valence-electron chi connectivity index (χ1n) is 7.81. The largest absolute Gasteiger partial charge is 0.452 e. The summed E-state index contributed by atoms with van der Waals surface area (Å²) in [6, 6.07) is 10.3. The number of amides is 2. The van der Waals surface area contributed by atoms with Gasteiger partial charge in [0.2, 0.25) is 5.91 Å². The second-order valence-corrected chi connectivity index (χ2v) is 6.47. The molecule has 0 aliphatic rings. The molecule has 3 N–H and O–H groups in total. The fourth-order valence-electron chi connectivity index (χ4n) is 2.07. The molecule has 10 heteroatoms. The maximum absolute atomic E-state index is 12.7. The van der Waals surface area contributed by atoms with E-state index in [2.05, 4.69) is 5.32 Å². The van der Waals surface area contributed by atoms with Crippen molar-refractivity contribution in [1.29, 1.82) is 0 Å². The Morgan fingerprint density at radius 2 is 1.79 bits per heavy atom. The zero-order valence-corrected chi connectivity index (χ0v) is 15.1. The van der Waals surface area contributed by atoms with E-state index >= 15 is 0 Å². The topological polar surface area (TPSA) is 98.5 Å². The van der Waals surface area contributed by atoms with Crippen LogP contribution < -0.4 is 11.1 Å². The number of primary amides is 1. The van der Waals surface area contributed by atoms with E-state index in [4.69, 9.17) is 10.5 Å². The molecule has 28 heavy (non-hydrogen) atoms. The highest BCUT2D eigenvalue weighted by molar-refractivity contribution is 8.00. The van der Waals surface area contributed by atoms with E-state index in [1.807, 2.05) is 0 Å². The van der Waals surface area contributed by atoms with Gasteiger partial charge in [-0.1, -0.05) is 18.2 Å². The first kappa shape index (κ1) is 21.3. The summed E-state index contributed by atoms with van der Waals surface area (Å²) in [7, 11) is 0. The molecule has 0 spiro atoms. The molecule has 0 radical (unpaired) electrons. The van der Waals surface area contributed by atoms with E-state index < -0.39 is 36.1 Å². The molecule has 2 aromatic rings. The quantitative estimate of drug-likeness (QED) is 0.538. The number of hydrogen-bond acceptors (Lipinski definition) is 5. The van der Waals surface area contributed by atoms with Crippen LogP contribution in [0.5, 0.6) is 0 Å². The van der Waals surface area contributed by atoms with Crippen LogP contribution in [-0.4, -0.2) is 30.1 Å². The summed E-state index contributed by atoms with van der Waals surface area (Å²) in [5, 5.41) is 2.51. The van der Waals surface area contributed by atoms with Crippen molar-refractivity contribution in [3.05, 3.63) is 59.7 Å². The Hall–Kier alpha value is -3.01. The number of hydrogen-bond donors (Lipinski definition) is 2. The van der Waals surface area contributed by atoms with Crippen molar-refractivity contribution in [2.75, 3.05) is 17.7 Å². The van der Waals surface area contributed by atoms with Gasteiger partial charge in [0.25, 0.3) is 5.91 Å². The SMILES string of the molecule is NC(=O)CSc1ccccc1NC(=O)COC(=O)c1cccc(C(F)(F)F)c1. The lowest BCUT2D eigenvalue weighted by Crippen LogP contribution is -2.21. The van der Waals surface area contributed by atoms with Crippen LogP contribution >= 0.6 is 11.8 Å². The van der Waals surface area contributed by atoms with E-state index in [0.717, 1.165) is 30.0 Å². The van der Waals surface area contributed by atoms with Gasteiger partial charge in [0, 0.05) is 4.90 Å². The molecular formula is C18H15F3N2O4S. The van der Waals surface area contributed by atoms with Crippen LogP contribution in [0.25, 0.3) is 0 Å². The maximum Gasteiger partial charge on any atom is 0.416 e. The summed E-state index contributed by atoms with van der Waals surface area (Å²) < 4.78 is 42.8. The first-order chi connectivity index (χ1) is 13.2. The monoisotopic (exact) mass is 412 g/mol. The second kappa shape index (κ2) is 9.27. The zero-order chi connectivity index (χ0) is 20.7.